The minimum Gasteiger partial charge on any atom is -0.506 e. The van der Waals surface area contributed by atoms with Crippen LogP contribution in [0.2, 0.25) is 0 Å². The van der Waals surface area contributed by atoms with E-state index in [1.807, 2.05) is 0 Å². The van der Waals surface area contributed by atoms with Gasteiger partial charge >= 0.3 is 0 Å². The number of phenolic OH excluding ortho intramolecular Hbond substituents is 1. The van der Waals surface area contributed by atoms with Gasteiger partial charge in [-0.2, -0.15) is 0 Å². The summed E-state index contributed by atoms with van der Waals surface area (Å²) < 4.78 is 0. The molecule has 5 N–H and O–H groups in total. The molecule has 1 heterocycles. The Hall–Kier alpha value is -3.16. The van der Waals surface area contributed by atoms with Gasteiger partial charge < -0.3 is 25.6 Å². The van der Waals surface area contributed by atoms with Gasteiger partial charge in [0.2, 0.25) is 5.56 Å². The van der Waals surface area contributed by atoms with Gasteiger partial charge in [0.25, 0.3) is 5.97 Å². The Kier molecular flexibility index (Phi) is 6.77. The summed E-state index contributed by atoms with van der Waals surface area (Å²) in [5.74, 6) is -0.825. The molecule has 0 amide bonds. The number of H-pyrrole nitrogens is 1. The number of hydrogen-bond acceptors (Lipinski definition) is 5. The summed E-state index contributed by atoms with van der Waals surface area (Å²) in [6.07, 6.45) is 6.16. The van der Waals surface area contributed by atoms with Crippen molar-refractivity contribution < 1.29 is 20.1 Å². The maximum absolute atomic E-state index is 11.6. The zero-order valence-corrected chi connectivity index (χ0v) is 19.6. The van der Waals surface area contributed by atoms with Crippen molar-refractivity contribution in [2.75, 3.05) is 6.54 Å². The summed E-state index contributed by atoms with van der Waals surface area (Å²) in [5, 5.41) is 32.7. The minimum atomic E-state index is -0.833. The fourth-order valence-electron chi connectivity index (χ4n) is 5.25. The van der Waals surface area contributed by atoms with Crippen LogP contribution in [0.1, 0.15) is 60.6 Å². The molecule has 0 spiro atoms. The smallest absolute Gasteiger partial charge is 0.300 e. The lowest BCUT2D eigenvalue weighted by Crippen LogP contribution is -2.45. The van der Waals surface area contributed by atoms with Crippen molar-refractivity contribution in [2.45, 2.75) is 64.0 Å². The summed E-state index contributed by atoms with van der Waals surface area (Å²) in [6, 6.07) is 11.1. The van der Waals surface area contributed by atoms with Crippen molar-refractivity contribution in [3.8, 4) is 5.75 Å². The van der Waals surface area contributed by atoms with Crippen molar-refractivity contribution in [1.82, 2.24) is 10.3 Å². The lowest BCUT2D eigenvalue weighted by molar-refractivity contribution is -0.134. The number of fused-ring (bicyclic) bond motifs is 3. The number of aromatic hydroxyl groups is 1. The van der Waals surface area contributed by atoms with E-state index in [1.54, 1.807) is 12.1 Å². The van der Waals surface area contributed by atoms with Gasteiger partial charge in [0.1, 0.15) is 5.75 Å². The molecule has 0 aliphatic heterocycles. The third-order valence-corrected chi connectivity index (χ3v) is 6.81. The molecule has 7 heteroatoms. The lowest BCUT2D eigenvalue weighted by atomic mass is 9.89. The van der Waals surface area contributed by atoms with E-state index in [0.29, 0.717) is 23.0 Å². The molecule has 1 atom stereocenters. The first-order chi connectivity index (χ1) is 16.1. The molecule has 2 aromatic carbocycles. The first kappa shape index (κ1) is 24.0. The number of rotatable bonds is 4. The minimum absolute atomic E-state index is 0.00813. The zero-order valence-electron chi connectivity index (χ0n) is 19.6. The highest BCUT2D eigenvalue weighted by atomic mass is 16.4. The van der Waals surface area contributed by atoms with Gasteiger partial charge in [0, 0.05) is 30.5 Å². The van der Waals surface area contributed by atoms with Gasteiger partial charge in [-0.05, 0) is 85.4 Å². The molecule has 1 aromatic heterocycles. The number of aryl methyl sites for hydroxylation is 2. The third-order valence-electron chi connectivity index (χ3n) is 6.81. The van der Waals surface area contributed by atoms with Crippen molar-refractivity contribution in [1.29, 1.82) is 0 Å². The van der Waals surface area contributed by atoms with Crippen LogP contribution in [0.4, 0.5) is 0 Å². The van der Waals surface area contributed by atoms with Crippen molar-refractivity contribution >= 4 is 16.9 Å². The Bertz CT molecular complexity index is 1240. The lowest BCUT2D eigenvalue weighted by Gasteiger charge is -2.27. The number of aromatic amines is 1. The number of carboxylic acids is 1. The fourth-order valence-corrected chi connectivity index (χ4v) is 5.25. The molecule has 3 aromatic rings. The molecule has 5 rings (SSSR count). The number of pyridine rings is 1. The molecule has 0 saturated carbocycles. The largest absolute Gasteiger partial charge is 0.506 e. The predicted molar refractivity (Wildman–Crippen MR) is 131 cm³/mol. The Morgan fingerprint density at radius 1 is 1.06 bits per heavy atom. The van der Waals surface area contributed by atoms with E-state index in [0.717, 1.165) is 19.8 Å². The van der Waals surface area contributed by atoms with E-state index in [-0.39, 0.29) is 16.8 Å². The number of β-amino-alcohol motifs (C(OH)–C–C–N with tert-alkyl or cyclic N) is 1. The van der Waals surface area contributed by atoms with E-state index in [9.17, 15) is 15.0 Å². The molecule has 0 saturated heterocycles. The molecule has 0 radical (unpaired) electrons. The Balaban J connectivity index is 0.000000636. The number of benzene rings is 2. The van der Waals surface area contributed by atoms with Crippen molar-refractivity contribution in [3.05, 3.63) is 74.6 Å². The summed E-state index contributed by atoms with van der Waals surface area (Å²) in [6.45, 7) is 3.72. The molecule has 0 unspecified atom stereocenters. The van der Waals surface area contributed by atoms with E-state index < -0.39 is 12.1 Å². The summed E-state index contributed by atoms with van der Waals surface area (Å²) in [5.41, 5.74) is 6.61. The molecule has 2 aliphatic rings. The molecule has 2 aliphatic carbocycles. The number of nitrogens with one attached hydrogen (secondary N) is 2. The van der Waals surface area contributed by atoms with Gasteiger partial charge in [-0.1, -0.05) is 18.2 Å². The Morgan fingerprint density at radius 3 is 2.24 bits per heavy atom. The molecule has 0 fully saturated rings. The second-order valence-corrected chi connectivity index (χ2v) is 9.71. The number of aliphatic hydroxyl groups excluding tert-OH is 1. The summed E-state index contributed by atoms with van der Waals surface area (Å²) in [7, 11) is 0. The molecule has 34 heavy (non-hydrogen) atoms. The second-order valence-electron chi connectivity index (χ2n) is 9.71. The highest BCUT2D eigenvalue weighted by Crippen LogP contribution is 2.35. The van der Waals surface area contributed by atoms with Crippen LogP contribution in [0.5, 0.6) is 5.75 Å². The SMILES string of the molecule is CC(=O)O.CC1(NC[C@H](O)c2ccc(O)c3[nH]c(=O)ccc23)Cc2cc3c(cc2C1)CCCC3. The molecular formula is C27H32N2O5. The van der Waals surface area contributed by atoms with E-state index in [4.69, 9.17) is 9.90 Å². The summed E-state index contributed by atoms with van der Waals surface area (Å²) >= 11 is 0. The molecule has 7 nitrogen and oxygen atoms in total. The van der Waals surface area contributed by atoms with Crippen LogP contribution in [-0.2, 0) is 30.5 Å². The van der Waals surface area contributed by atoms with E-state index in [2.05, 4.69) is 29.4 Å². The Labute approximate surface area is 198 Å². The fraction of sp³-hybridized carbons (Fsp3) is 0.407. The number of aliphatic carboxylic acids is 1. The van der Waals surface area contributed by atoms with E-state index in [1.165, 1.54) is 60.1 Å². The van der Waals surface area contributed by atoms with Crippen LogP contribution < -0.4 is 10.9 Å². The standard InChI is InChI=1S/C25H28N2O3.C2H4O2/c1-25(12-17-10-15-4-2-3-5-16(15)11-18(17)13-25)26-14-22(29)19-6-8-21(28)24-20(19)7-9-23(30)27-24;1-2(3)4/h6-11,22,26,28-29H,2-5,12-14H2,1H3,(H,27,30);1H3,(H,3,4)/t22-;/m0./s1. The first-order valence-electron chi connectivity index (χ1n) is 11.8. The number of phenols is 1. The number of aliphatic hydroxyl groups is 1. The third kappa shape index (κ3) is 5.16. The number of hydrogen-bond donors (Lipinski definition) is 5. The van der Waals surface area contributed by atoms with Crippen LogP contribution in [0, 0.1) is 0 Å². The van der Waals surface area contributed by atoms with Crippen LogP contribution in [0.15, 0.2) is 41.2 Å². The molecular weight excluding hydrogens is 432 g/mol. The number of carbonyl (C=O) groups is 1. The normalized spacial score (nSPS) is 16.8. The maximum Gasteiger partial charge on any atom is 0.300 e. The summed E-state index contributed by atoms with van der Waals surface area (Å²) in [4.78, 5) is 23.3. The quantitative estimate of drug-likeness (QED) is 0.403. The van der Waals surface area contributed by atoms with Crippen LogP contribution in [-0.4, -0.2) is 38.4 Å². The average molecular weight is 465 g/mol. The van der Waals surface area contributed by atoms with Gasteiger partial charge in [-0.3, -0.25) is 9.59 Å². The van der Waals surface area contributed by atoms with Crippen LogP contribution in [0.3, 0.4) is 0 Å². The topological polar surface area (TPSA) is 123 Å². The monoisotopic (exact) mass is 464 g/mol. The van der Waals surface area contributed by atoms with Gasteiger partial charge in [0.15, 0.2) is 0 Å². The van der Waals surface area contributed by atoms with Crippen molar-refractivity contribution in [3.63, 3.8) is 0 Å². The number of carboxylic acid groups (broad SMARTS) is 1. The molecule has 0 bridgehead atoms. The molecule has 180 valence electrons. The first-order valence-corrected chi connectivity index (χ1v) is 11.8. The Morgan fingerprint density at radius 2 is 1.65 bits per heavy atom. The maximum atomic E-state index is 11.6. The zero-order chi connectivity index (χ0) is 24.5. The second kappa shape index (κ2) is 9.60. The predicted octanol–water partition coefficient (Wildman–Crippen LogP) is 3.38. The highest BCUT2D eigenvalue weighted by Gasteiger charge is 2.34. The van der Waals surface area contributed by atoms with Crippen LogP contribution in [0.25, 0.3) is 10.9 Å². The highest BCUT2D eigenvalue weighted by molar-refractivity contribution is 5.87. The van der Waals surface area contributed by atoms with Gasteiger partial charge in [-0.15, -0.1) is 0 Å². The van der Waals surface area contributed by atoms with Crippen LogP contribution >= 0.6 is 0 Å². The van der Waals surface area contributed by atoms with Crippen molar-refractivity contribution in [2.24, 2.45) is 0 Å². The number of aromatic nitrogens is 1. The average Bonchev–Trinajstić information content (AvgIpc) is 3.11. The van der Waals surface area contributed by atoms with Gasteiger partial charge in [-0.25, -0.2) is 0 Å². The van der Waals surface area contributed by atoms with Gasteiger partial charge in [0.05, 0.1) is 11.6 Å². The van der Waals surface area contributed by atoms with E-state index >= 15 is 0 Å².